The van der Waals surface area contributed by atoms with Crippen LogP contribution in [0.15, 0.2) is 48.9 Å². The number of aliphatic hydroxyl groups excluding tert-OH is 1. The molecule has 3 aromatic heterocycles. The van der Waals surface area contributed by atoms with Crippen molar-refractivity contribution in [1.82, 2.24) is 24.3 Å². The fourth-order valence-corrected chi connectivity index (χ4v) is 4.25. The zero-order chi connectivity index (χ0) is 22.8. The van der Waals surface area contributed by atoms with Gasteiger partial charge < -0.3 is 19.1 Å². The van der Waals surface area contributed by atoms with Gasteiger partial charge in [-0.3, -0.25) is 0 Å². The van der Waals surface area contributed by atoms with Crippen molar-refractivity contribution in [2.45, 2.75) is 52.0 Å². The first kappa shape index (κ1) is 21.6. The van der Waals surface area contributed by atoms with Crippen LogP contribution < -0.4 is 4.74 Å². The molecule has 1 saturated heterocycles. The molecule has 172 valence electrons. The summed E-state index contributed by atoms with van der Waals surface area (Å²) in [5.74, 6) is 1.35. The van der Waals surface area contributed by atoms with E-state index in [4.69, 9.17) is 19.6 Å². The number of hydrogen-bond donors (Lipinski definition) is 1. The third-order valence-corrected chi connectivity index (χ3v) is 5.75. The van der Waals surface area contributed by atoms with Crippen molar-refractivity contribution in [1.29, 1.82) is 0 Å². The number of hydrogen-bond acceptors (Lipinski definition) is 6. The third-order valence-electron chi connectivity index (χ3n) is 5.75. The molecule has 8 nitrogen and oxygen atoms in total. The molecule has 0 aliphatic carbocycles. The number of aromatic nitrogens is 5. The summed E-state index contributed by atoms with van der Waals surface area (Å²) in [6, 6.07) is 9.92. The Morgan fingerprint density at radius 3 is 2.91 bits per heavy atom. The summed E-state index contributed by atoms with van der Waals surface area (Å²) in [7, 11) is 0. The van der Waals surface area contributed by atoms with Crippen LogP contribution in [0, 0.1) is 0 Å². The first-order valence-electron chi connectivity index (χ1n) is 11.5. The third kappa shape index (κ3) is 4.49. The van der Waals surface area contributed by atoms with Gasteiger partial charge in [-0.15, -0.1) is 0 Å². The maximum absolute atomic E-state index is 9.20. The van der Waals surface area contributed by atoms with E-state index in [1.54, 1.807) is 6.20 Å². The zero-order valence-electron chi connectivity index (χ0n) is 19.0. The van der Waals surface area contributed by atoms with E-state index in [9.17, 15) is 5.11 Å². The van der Waals surface area contributed by atoms with E-state index >= 15 is 0 Å². The van der Waals surface area contributed by atoms with E-state index < -0.39 is 0 Å². The lowest BCUT2D eigenvalue weighted by Crippen LogP contribution is -2.19. The molecule has 4 heterocycles. The van der Waals surface area contributed by atoms with Crippen LogP contribution in [-0.4, -0.2) is 48.7 Å². The van der Waals surface area contributed by atoms with Gasteiger partial charge in [0.2, 0.25) is 0 Å². The molecule has 0 bridgehead atoms. The summed E-state index contributed by atoms with van der Waals surface area (Å²) in [5.41, 5.74) is 3.47. The lowest BCUT2D eigenvalue weighted by Gasteiger charge is -2.23. The van der Waals surface area contributed by atoms with E-state index in [1.165, 1.54) is 0 Å². The fourth-order valence-electron chi connectivity index (χ4n) is 4.25. The van der Waals surface area contributed by atoms with E-state index in [0.29, 0.717) is 18.1 Å². The fraction of sp³-hybridized carbons (Fsp3) is 0.400. The lowest BCUT2D eigenvalue weighted by molar-refractivity contribution is -0.0365. The minimum Gasteiger partial charge on any atom is -0.491 e. The summed E-state index contributed by atoms with van der Waals surface area (Å²) >= 11 is 0. The van der Waals surface area contributed by atoms with Crippen molar-refractivity contribution in [2.75, 3.05) is 13.2 Å². The highest BCUT2D eigenvalue weighted by Crippen LogP contribution is 2.34. The molecule has 0 amide bonds. The predicted molar refractivity (Wildman–Crippen MR) is 126 cm³/mol. The molecule has 1 atom stereocenters. The zero-order valence-corrected chi connectivity index (χ0v) is 19.0. The minimum absolute atomic E-state index is 0.0742. The highest BCUT2D eigenvalue weighted by Gasteiger charge is 2.23. The van der Waals surface area contributed by atoms with Crippen LogP contribution in [-0.2, 0) is 11.3 Å². The molecule has 4 aromatic rings. The Hall–Kier alpha value is -3.23. The van der Waals surface area contributed by atoms with Crippen LogP contribution in [0.3, 0.4) is 0 Å². The molecule has 1 N–H and O–H groups in total. The molecular formula is C25H29N5O3. The first-order valence-corrected chi connectivity index (χ1v) is 11.5. The number of rotatable bonds is 7. The molecule has 5 rings (SSSR count). The van der Waals surface area contributed by atoms with Crippen molar-refractivity contribution in [3.8, 4) is 28.5 Å². The molecule has 0 saturated carbocycles. The maximum atomic E-state index is 9.20. The largest absolute Gasteiger partial charge is 0.491 e. The van der Waals surface area contributed by atoms with Crippen molar-refractivity contribution in [3.05, 3.63) is 48.9 Å². The Labute approximate surface area is 192 Å². The van der Waals surface area contributed by atoms with Gasteiger partial charge in [-0.25, -0.2) is 14.6 Å². The van der Waals surface area contributed by atoms with Crippen LogP contribution >= 0.6 is 0 Å². The highest BCUT2D eigenvalue weighted by atomic mass is 16.5. The van der Waals surface area contributed by atoms with Gasteiger partial charge in [-0.2, -0.15) is 5.10 Å². The molecule has 1 aliphatic heterocycles. The number of ether oxygens (including phenoxy) is 2. The summed E-state index contributed by atoms with van der Waals surface area (Å²) < 4.78 is 15.9. The number of benzene rings is 1. The molecular weight excluding hydrogens is 418 g/mol. The standard InChI is InChI=1S/C25H29N5O3/c1-17(2)33-19-6-7-22-20(15-19)24(28-30(22)23-5-3-4-14-32-23)25-26-10-8-21(27-25)18-9-11-29(16-18)12-13-31/h6-11,15-17,23,31H,3-5,12-14H2,1-2H3. The Morgan fingerprint density at radius 1 is 1.21 bits per heavy atom. The number of aliphatic hydroxyl groups is 1. The summed E-state index contributed by atoms with van der Waals surface area (Å²) in [6.07, 6.45) is 8.78. The van der Waals surface area contributed by atoms with Crippen LogP contribution in [0.2, 0.25) is 0 Å². The van der Waals surface area contributed by atoms with Crippen LogP contribution in [0.1, 0.15) is 39.3 Å². The van der Waals surface area contributed by atoms with Crippen molar-refractivity contribution in [2.24, 2.45) is 0 Å². The lowest BCUT2D eigenvalue weighted by atomic mass is 10.1. The molecule has 1 unspecified atom stereocenters. The second-order valence-electron chi connectivity index (χ2n) is 8.59. The smallest absolute Gasteiger partial charge is 0.181 e. The second-order valence-corrected chi connectivity index (χ2v) is 8.59. The molecule has 1 fully saturated rings. The Bertz CT molecular complexity index is 1240. The van der Waals surface area contributed by atoms with Crippen LogP contribution in [0.5, 0.6) is 5.75 Å². The SMILES string of the molecule is CC(C)Oc1ccc2c(c1)c(-c1nccc(-c3ccn(CCO)c3)n1)nn2C1CCCCO1. The van der Waals surface area contributed by atoms with Crippen molar-refractivity contribution < 1.29 is 14.6 Å². The molecule has 0 spiro atoms. The van der Waals surface area contributed by atoms with Gasteiger partial charge in [0.05, 0.1) is 23.9 Å². The molecule has 1 aromatic carbocycles. The van der Waals surface area contributed by atoms with Gasteiger partial charge in [0.1, 0.15) is 11.4 Å². The molecule has 1 aliphatic rings. The maximum Gasteiger partial charge on any atom is 0.181 e. The second kappa shape index (κ2) is 9.33. The predicted octanol–water partition coefficient (Wildman–Crippen LogP) is 4.44. The number of nitrogens with zero attached hydrogens (tertiary/aromatic N) is 5. The van der Waals surface area contributed by atoms with Crippen molar-refractivity contribution in [3.63, 3.8) is 0 Å². The minimum atomic E-state index is -0.0948. The van der Waals surface area contributed by atoms with E-state index in [0.717, 1.165) is 53.8 Å². The van der Waals surface area contributed by atoms with E-state index in [-0.39, 0.29) is 18.9 Å². The molecule has 8 heteroatoms. The summed E-state index contributed by atoms with van der Waals surface area (Å²) in [6.45, 7) is 5.41. The normalized spacial score (nSPS) is 16.5. The van der Waals surface area contributed by atoms with E-state index in [2.05, 4.69) is 4.98 Å². The van der Waals surface area contributed by atoms with Crippen LogP contribution in [0.25, 0.3) is 33.7 Å². The first-order chi connectivity index (χ1) is 16.1. The van der Waals surface area contributed by atoms with Gasteiger partial charge >= 0.3 is 0 Å². The van der Waals surface area contributed by atoms with Gasteiger partial charge in [0.25, 0.3) is 0 Å². The van der Waals surface area contributed by atoms with Gasteiger partial charge in [0.15, 0.2) is 12.1 Å². The average Bonchev–Trinajstić information content (AvgIpc) is 3.44. The summed E-state index contributed by atoms with van der Waals surface area (Å²) in [4.78, 5) is 9.40. The van der Waals surface area contributed by atoms with E-state index in [1.807, 2.05) is 65.8 Å². The molecule has 0 radical (unpaired) electrons. The van der Waals surface area contributed by atoms with Gasteiger partial charge in [0, 0.05) is 42.7 Å². The van der Waals surface area contributed by atoms with Gasteiger partial charge in [-0.1, -0.05) is 0 Å². The Morgan fingerprint density at radius 2 is 2.12 bits per heavy atom. The molecule has 33 heavy (non-hydrogen) atoms. The number of fused-ring (bicyclic) bond motifs is 1. The van der Waals surface area contributed by atoms with Crippen LogP contribution in [0.4, 0.5) is 0 Å². The topological polar surface area (TPSA) is 87.2 Å². The van der Waals surface area contributed by atoms with Crippen molar-refractivity contribution >= 4 is 10.9 Å². The Balaban J connectivity index is 1.60. The quantitative estimate of drug-likeness (QED) is 0.451. The van der Waals surface area contributed by atoms with Gasteiger partial charge in [-0.05, 0) is 63.4 Å². The Kier molecular flexibility index (Phi) is 6.11. The summed E-state index contributed by atoms with van der Waals surface area (Å²) in [5, 5.41) is 15.1. The average molecular weight is 448 g/mol. The monoisotopic (exact) mass is 447 g/mol. The highest BCUT2D eigenvalue weighted by molar-refractivity contribution is 5.93.